The molecule has 1 aromatic heterocycles. The van der Waals surface area contributed by atoms with E-state index in [2.05, 4.69) is 254 Å². The number of furan rings is 1. The monoisotopic (exact) mass is 803 g/mol. The minimum atomic E-state index is -0.494. The number of hydrogen-bond acceptors (Lipinski definition) is 2. The summed E-state index contributed by atoms with van der Waals surface area (Å²) in [6.07, 6.45) is 0. The third-order valence-corrected chi connectivity index (χ3v) is 13.0. The Morgan fingerprint density at radius 1 is 0.302 bits per heavy atom. The summed E-state index contributed by atoms with van der Waals surface area (Å²) in [6, 6.07) is 90.1. The van der Waals surface area contributed by atoms with E-state index in [1.165, 1.54) is 50.1 Å². The van der Waals surface area contributed by atoms with E-state index in [4.69, 9.17) is 4.42 Å². The second-order valence-corrected chi connectivity index (χ2v) is 16.4. The van der Waals surface area contributed by atoms with Crippen LogP contribution in [0.5, 0.6) is 0 Å². The van der Waals surface area contributed by atoms with Gasteiger partial charge in [-0.2, -0.15) is 0 Å². The average Bonchev–Trinajstić information content (AvgIpc) is 3.89. The lowest BCUT2D eigenvalue weighted by molar-refractivity contribution is 0.669. The summed E-state index contributed by atoms with van der Waals surface area (Å²) in [5.74, 6) is 0. The molecule has 1 aliphatic rings. The van der Waals surface area contributed by atoms with Crippen molar-refractivity contribution in [3.05, 3.63) is 271 Å². The van der Waals surface area contributed by atoms with Gasteiger partial charge in [-0.05, 0) is 121 Å². The van der Waals surface area contributed by atoms with Gasteiger partial charge < -0.3 is 9.32 Å². The molecule has 0 saturated carbocycles. The van der Waals surface area contributed by atoms with Gasteiger partial charge in [0.25, 0.3) is 0 Å². The van der Waals surface area contributed by atoms with E-state index >= 15 is 0 Å². The van der Waals surface area contributed by atoms with Crippen LogP contribution >= 0.6 is 0 Å². The van der Waals surface area contributed by atoms with Crippen LogP contribution in [0, 0.1) is 0 Å². The zero-order valence-corrected chi connectivity index (χ0v) is 34.5. The number of fused-ring (bicyclic) bond motifs is 6. The topological polar surface area (TPSA) is 16.4 Å². The van der Waals surface area contributed by atoms with Crippen LogP contribution < -0.4 is 4.90 Å². The molecule has 0 aliphatic heterocycles. The highest BCUT2D eigenvalue weighted by atomic mass is 16.3. The summed E-state index contributed by atoms with van der Waals surface area (Å²) in [5, 5.41) is 2.23. The van der Waals surface area contributed by atoms with Crippen molar-refractivity contribution in [3.8, 4) is 44.5 Å². The predicted molar refractivity (Wildman–Crippen MR) is 262 cm³/mol. The fourth-order valence-electron chi connectivity index (χ4n) is 10.2. The molecule has 0 unspecified atom stereocenters. The Balaban J connectivity index is 0.981. The number of anilines is 3. The number of benzene rings is 10. The molecule has 0 spiro atoms. The quantitative estimate of drug-likeness (QED) is 0.152. The normalized spacial score (nSPS) is 12.6. The number of nitrogens with zero attached hydrogens (tertiary/aromatic N) is 1. The first-order chi connectivity index (χ1) is 31.3. The molecule has 1 heterocycles. The van der Waals surface area contributed by atoms with E-state index in [9.17, 15) is 0 Å². The zero-order chi connectivity index (χ0) is 41.7. The Morgan fingerprint density at radius 3 is 1.49 bits per heavy atom. The van der Waals surface area contributed by atoms with Gasteiger partial charge >= 0.3 is 0 Å². The van der Waals surface area contributed by atoms with Crippen molar-refractivity contribution in [1.29, 1.82) is 0 Å². The van der Waals surface area contributed by atoms with Crippen molar-refractivity contribution in [2.24, 2.45) is 0 Å². The SMILES string of the molecule is c1ccc(-c2ccccc2-c2ccc3oc4cccc(-c5ccc(N(c6ccccc6)c6cccc(C7(c8ccccc8)c8ccccc8-c8ccccc87)c6)cc5)c4c3c2)cc1. The largest absolute Gasteiger partial charge is 0.456 e. The molecule has 2 heteroatoms. The Bertz CT molecular complexity index is 3400. The molecule has 0 fully saturated rings. The molecule has 0 N–H and O–H groups in total. The van der Waals surface area contributed by atoms with Crippen LogP contribution in [-0.2, 0) is 5.41 Å². The molecule has 63 heavy (non-hydrogen) atoms. The molecule has 0 atom stereocenters. The highest BCUT2D eigenvalue weighted by Gasteiger charge is 2.46. The first kappa shape index (κ1) is 36.6. The lowest BCUT2D eigenvalue weighted by Crippen LogP contribution is -2.28. The molecule has 10 aromatic carbocycles. The van der Waals surface area contributed by atoms with Crippen molar-refractivity contribution in [1.82, 2.24) is 0 Å². The van der Waals surface area contributed by atoms with Crippen LogP contribution in [0.2, 0.25) is 0 Å². The lowest BCUT2D eigenvalue weighted by Gasteiger charge is -2.35. The maximum absolute atomic E-state index is 6.53. The minimum absolute atomic E-state index is 0.494. The molecule has 1 aliphatic carbocycles. The van der Waals surface area contributed by atoms with Crippen LogP contribution in [0.1, 0.15) is 22.3 Å². The molecule has 0 radical (unpaired) electrons. The summed E-state index contributed by atoms with van der Waals surface area (Å²) < 4.78 is 6.53. The first-order valence-corrected chi connectivity index (χ1v) is 21.7. The van der Waals surface area contributed by atoms with Gasteiger partial charge in [-0.1, -0.05) is 194 Å². The van der Waals surface area contributed by atoms with Crippen molar-refractivity contribution < 1.29 is 4.42 Å². The van der Waals surface area contributed by atoms with E-state index in [0.717, 1.165) is 55.7 Å². The smallest absolute Gasteiger partial charge is 0.136 e. The maximum atomic E-state index is 6.53. The molecule has 0 saturated heterocycles. The predicted octanol–water partition coefficient (Wildman–Crippen LogP) is 16.4. The van der Waals surface area contributed by atoms with Crippen molar-refractivity contribution in [2.75, 3.05) is 4.90 Å². The molecule has 12 rings (SSSR count). The van der Waals surface area contributed by atoms with Gasteiger partial charge in [-0.15, -0.1) is 0 Å². The van der Waals surface area contributed by atoms with Crippen LogP contribution in [0.25, 0.3) is 66.4 Å². The van der Waals surface area contributed by atoms with Crippen molar-refractivity contribution >= 4 is 39.0 Å². The zero-order valence-electron chi connectivity index (χ0n) is 34.5. The summed E-state index contributed by atoms with van der Waals surface area (Å²) in [4.78, 5) is 2.38. The van der Waals surface area contributed by atoms with Gasteiger partial charge in [0.05, 0.1) is 5.41 Å². The highest BCUT2D eigenvalue weighted by molar-refractivity contribution is 6.13. The molecule has 0 bridgehead atoms. The van der Waals surface area contributed by atoms with E-state index in [-0.39, 0.29) is 0 Å². The van der Waals surface area contributed by atoms with Crippen LogP contribution in [-0.4, -0.2) is 0 Å². The second kappa shape index (κ2) is 15.1. The maximum Gasteiger partial charge on any atom is 0.136 e. The third-order valence-electron chi connectivity index (χ3n) is 13.0. The molecule has 0 amide bonds. The van der Waals surface area contributed by atoms with Crippen LogP contribution in [0.15, 0.2) is 253 Å². The van der Waals surface area contributed by atoms with Crippen LogP contribution in [0.3, 0.4) is 0 Å². The van der Waals surface area contributed by atoms with Crippen LogP contribution in [0.4, 0.5) is 17.1 Å². The average molecular weight is 804 g/mol. The molecular formula is C61H41NO. The fourth-order valence-corrected chi connectivity index (χ4v) is 10.2. The first-order valence-electron chi connectivity index (χ1n) is 21.7. The Labute approximate surface area is 367 Å². The van der Waals surface area contributed by atoms with Gasteiger partial charge in [0.1, 0.15) is 11.2 Å². The van der Waals surface area contributed by atoms with E-state index in [1.54, 1.807) is 0 Å². The van der Waals surface area contributed by atoms with Gasteiger partial charge in [-0.3, -0.25) is 0 Å². The Kier molecular flexibility index (Phi) is 8.76. The van der Waals surface area contributed by atoms with Gasteiger partial charge in [0.2, 0.25) is 0 Å². The second-order valence-electron chi connectivity index (χ2n) is 16.4. The highest BCUT2D eigenvalue weighted by Crippen LogP contribution is 2.56. The summed E-state index contributed by atoms with van der Waals surface area (Å²) in [7, 11) is 0. The van der Waals surface area contributed by atoms with Gasteiger partial charge in [0.15, 0.2) is 0 Å². The standard InChI is InChI=1S/C61H41NO/c1-4-18-42(19-5-1)50-26-10-11-27-51(50)44-36-39-58-55(40-44)60-52(30-17-33-59(60)63-58)43-34-37-48(38-35-43)62(47-23-8-3-9-24-47)49-25-16-22-46(41-49)61(45-20-6-2-7-21-45)56-31-14-12-28-53(56)54-29-13-15-32-57(54)61/h1-41H. The van der Waals surface area contributed by atoms with Crippen molar-refractivity contribution in [3.63, 3.8) is 0 Å². The molecule has 296 valence electrons. The van der Waals surface area contributed by atoms with Crippen molar-refractivity contribution in [2.45, 2.75) is 5.41 Å². The summed E-state index contributed by atoms with van der Waals surface area (Å²) >= 11 is 0. The fraction of sp³-hybridized carbons (Fsp3) is 0.0164. The van der Waals surface area contributed by atoms with E-state index < -0.39 is 5.41 Å². The number of rotatable bonds is 8. The third kappa shape index (κ3) is 5.95. The number of para-hydroxylation sites is 1. The molecular weight excluding hydrogens is 763 g/mol. The minimum Gasteiger partial charge on any atom is -0.456 e. The summed E-state index contributed by atoms with van der Waals surface area (Å²) in [6.45, 7) is 0. The summed E-state index contributed by atoms with van der Waals surface area (Å²) in [5.41, 5.74) is 19.2. The molecule has 2 nitrogen and oxygen atoms in total. The Hall–Kier alpha value is -8.20. The van der Waals surface area contributed by atoms with E-state index in [1.807, 2.05) is 0 Å². The van der Waals surface area contributed by atoms with Gasteiger partial charge in [-0.25, -0.2) is 0 Å². The van der Waals surface area contributed by atoms with E-state index in [0.29, 0.717) is 0 Å². The number of hydrogen-bond donors (Lipinski definition) is 0. The van der Waals surface area contributed by atoms with Gasteiger partial charge in [0, 0.05) is 27.8 Å². The lowest BCUT2D eigenvalue weighted by atomic mass is 9.67. The Morgan fingerprint density at radius 2 is 0.794 bits per heavy atom. The molecule has 11 aromatic rings.